The molecular formula is C11H10ClN3S. The maximum atomic E-state index is 6.03. The molecular weight excluding hydrogens is 242 g/mol. The predicted octanol–water partition coefficient (Wildman–Crippen LogP) is 2.22. The lowest BCUT2D eigenvalue weighted by Crippen LogP contribution is -2.15. The highest BCUT2D eigenvalue weighted by atomic mass is 35.5. The lowest BCUT2D eigenvalue weighted by molar-refractivity contribution is 0.797. The normalized spacial score (nSPS) is 10.3. The summed E-state index contributed by atoms with van der Waals surface area (Å²) in [5, 5.41) is 0.644. The first-order valence-corrected chi connectivity index (χ1v) is 5.50. The zero-order chi connectivity index (χ0) is 11.5. The first-order valence-electron chi connectivity index (χ1n) is 4.72. The average molecular weight is 252 g/mol. The molecule has 0 spiro atoms. The molecule has 0 atom stereocenters. The van der Waals surface area contributed by atoms with Crippen LogP contribution in [0.25, 0.3) is 0 Å². The van der Waals surface area contributed by atoms with Crippen LogP contribution in [0.2, 0.25) is 5.02 Å². The summed E-state index contributed by atoms with van der Waals surface area (Å²) in [4.78, 5) is 4.32. The molecule has 0 bridgehead atoms. The summed E-state index contributed by atoms with van der Waals surface area (Å²) in [6.07, 6.45) is 5.26. The van der Waals surface area contributed by atoms with Gasteiger partial charge in [0.05, 0.1) is 10.7 Å². The largest absolute Gasteiger partial charge is 0.388 e. The Hall–Kier alpha value is -1.39. The van der Waals surface area contributed by atoms with E-state index in [1.54, 1.807) is 12.4 Å². The van der Waals surface area contributed by atoms with Gasteiger partial charge in [-0.25, -0.2) is 0 Å². The molecule has 0 saturated carbocycles. The van der Waals surface area contributed by atoms with Crippen LogP contribution in [0.5, 0.6) is 0 Å². The fourth-order valence-corrected chi connectivity index (χ4v) is 1.86. The third-order valence-corrected chi connectivity index (χ3v) is 2.83. The fourth-order valence-electron chi connectivity index (χ4n) is 1.49. The molecule has 0 unspecified atom stereocenters. The van der Waals surface area contributed by atoms with Crippen molar-refractivity contribution in [2.24, 2.45) is 5.73 Å². The van der Waals surface area contributed by atoms with Crippen molar-refractivity contribution < 1.29 is 0 Å². The van der Waals surface area contributed by atoms with Crippen molar-refractivity contribution in [1.29, 1.82) is 0 Å². The van der Waals surface area contributed by atoms with E-state index in [1.165, 1.54) is 0 Å². The number of nitrogens with zero attached hydrogens (tertiary/aromatic N) is 2. The van der Waals surface area contributed by atoms with Crippen LogP contribution in [0.3, 0.4) is 0 Å². The highest BCUT2D eigenvalue weighted by Gasteiger charge is 2.06. The second-order valence-electron chi connectivity index (χ2n) is 3.35. The van der Waals surface area contributed by atoms with Crippen molar-refractivity contribution in [2.45, 2.75) is 6.54 Å². The summed E-state index contributed by atoms with van der Waals surface area (Å²) in [6.45, 7) is 0.640. The smallest absolute Gasteiger partial charge is 0.120 e. The van der Waals surface area contributed by atoms with Crippen LogP contribution in [0.4, 0.5) is 0 Å². The Bertz CT molecular complexity index is 521. The zero-order valence-electron chi connectivity index (χ0n) is 8.43. The highest BCUT2D eigenvalue weighted by Crippen LogP contribution is 2.16. The minimum Gasteiger partial charge on any atom is -0.388 e. The van der Waals surface area contributed by atoms with Crippen molar-refractivity contribution in [2.75, 3.05) is 0 Å². The van der Waals surface area contributed by atoms with Crippen molar-refractivity contribution in [3.63, 3.8) is 0 Å². The summed E-state index contributed by atoms with van der Waals surface area (Å²) < 4.78 is 1.96. The van der Waals surface area contributed by atoms with E-state index in [0.717, 1.165) is 11.3 Å². The first kappa shape index (κ1) is 11.1. The van der Waals surface area contributed by atoms with Gasteiger partial charge < -0.3 is 10.3 Å². The Morgan fingerprint density at radius 3 is 3.00 bits per heavy atom. The molecule has 0 radical (unpaired) electrons. The van der Waals surface area contributed by atoms with Gasteiger partial charge in [-0.05, 0) is 23.8 Å². The van der Waals surface area contributed by atoms with Crippen LogP contribution in [-0.4, -0.2) is 14.5 Å². The molecule has 2 N–H and O–H groups in total. The third kappa shape index (κ3) is 2.23. The SMILES string of the molecule is NC(=S)c1cccn1Cc1ccncc1Cl. The molecule has 2 aromatic rings. The van der Waals surface area contributed by atoms with Crippen molar-refractivity contribution >= 4 is 28.8 Å². The standard InChI is InChI=1S/C11H10ClN3S/c12-9-6-14-4-3-8(9)7-15-5-1-2-10(15)11(13)16/h1-6H,7H2,(H2,13,16). The minimum absolute atomic E-state index is 0.384. The number of rotatable bonds is 3. The van der Waals surface area contributed by atoms with E-state index in [9.17, 15) is 0 Å². The van der Waals surface area contributed by atoms with Crippen molar-refractivity contribution in [3.05, 3.63) is 53.1 Å². The number of pyridine rings is 1. The average Bonchev–Trinajstić information content (AvgIpc) is 2.69. The van der Waals surface area contributed by atoms with Crippen LogP contribution >= 0.6 is 23.8 Å². The van der Waals surface area contributed by atoms with E-state index >= 15 is 0 Å². The molecule has 0 aliphatic carbocycles. The molecule has 0 amide bonds. The molecule has 16 heavy (non-hydrogen) atoms. The molecule has 0 aliphatic rings. The highest BCUT2D eigenvalue weighted by molar-refractivity contribution is 7.80. The van der Waals surface area contributed by atoms with Gasteiger partial charge in [-0.3, -0.25) is 4.98 Å². The Morgan fingerprint density at radius 1 is 1.50 bits per heavy atom. The van der Waals surface area contributed by atoms with Gasteiger partial charge in [0.15, 0.2) is 0 Å². The number of thiocarbonyl (C=S) groups is 1. The van der Waals surface area contributed by atoms with Crippen molar-refractivity contribution in [3.8, 4) is 0 Å². The quantitative estimate of drug-likeness (QED) is 0.851. The molecule has 0 aliphatic heterocycles. The molecule has 0 saturated heterocycles. The van der Waals surface area contributed by atoms with E-state index in [2.05, 4.69) is 4.98 Å². The summed E-state index contributed by atoms with van der Waals surface area (Å²) in [7, 11) is 0. The Kier molecular flexibility index (Phi) is 3.22. The van der Waals surface area contributed by atoms with Gasteiger partial charge in [0.2, 0.25) is 0 Å². The predicted molar refractivity (Wildman–Crippen MR) is 68.7 cm³/mol. The molecule has 0 fully saturated rings. The molecule has 82 valence electrons. The lowest BCUT2D eigenvalue weighted by atomic mass is 10.2. The Balaban J connectivity index is 2.31. The van der Waals surface area contributed by atoms with E-state index in [0.29, 0.717) is 16.6 Å². The van der Waals surface area contributed by atoms with Crippen LogP contribution in [0.1, 0.15) is 11.3 Å². The number of hydrogen-bond donors (Lipinski definition) is 1. The zero-order valence-corrected chi connectivity index (χ0v) is 10.0. The molecule has 0 aromatic carbocycles. The van der Waals surface area contributed by atoms with E-state index in [4.69, 9.17) is 29.6 Å². The van der Waals surface area contributed by atoms with Gasteiger partial charge in [-0.1, -0.05) is 23.8 Å². The summed E-state index contributed by atoms with van der Waals surface area (Å²) >= 11 is 11.0. The summed E-state index contributed by atoms with van der Waals surface area (Å²) in [5.41, 5.74) is 7.44. The third-order valence-electron chi connectivity index (χ3n) is 2.28. The second kappa shape index (κ2) is 4.63. The topological polar surface area (TPSA) is 43.8 Å². The van der Waals surface area contributed by atoms with Gasteiger partial charge in [0, 0.05) is 25.1 Å². The van der Waals surface area contributed by atoms with E-state index < -0.39 is 0 Å². The van der Waals surface area contributed by atoms with Crippen molar-refractivity contribution in [1.82, 2.24) is 9.55 Å². The molecule has 5 heteroatoms. The van der Waals surface area contributed by atoms with Crippen LogP contribution in [0, 0.1) is 0 Å². The Labute approximate surface area is 104 Å². The molecule has 3 nitrogen and oxygen atoms in total. The minimum atomic E-state index is 0.384. The monoisotopic (exact) mass is 251 g/mol. The van der Waals surface area contributed by atoms with Gasteiger partial charge in [-0.2, -0.15) is 0 Å². The van der Waals surface area contributed by atoms with Crippen LogP contribution in [0.15, 0.2) is 36.8 Å². The number of aromatic nitrogens is 2. The number of nitrogens with two attached hydrogens (primary N) is 1. The van der Waals surface area contributed by atoms with Gasteiger partial charge in [0.25, 0.3) is 0 Å². The maximum absolute atomic E-state index is 6.03. The molecule has 2 rings (SSSR count). The fraction of sp³-hybridized carbons (Fsp3) is 0.0909. The van der Waals surface area contributed by atoms with Crippen LogP contribution in [-0.2, 0) is 6.54 Å². The maximum Gasteiger partial charge on any atom is 0.120 e. The Morgan fingerprint density at radius 2 is 2.31 bits per heavy atom. The molecule has 2 aromatic heterocycles. The van der Waals surface area contributed by atoms with E-state index in [-0.39, 0.29) is 0 Å². The molecule has 2 heterocycles. The van der Waals surface area contributed by atoms with Gasteiger partial charge in [-0.15, -0.1) is 0 Å². The summed E-state index contributed by atoms with van der Waals surface area (Å²) in [6, 6.07) is 5.67. The lowest BCUT2D eigenvalue weighted by Gasteiger charge is -2.09. The number of hydrogen-bond acceptors (Lipinski definition) is 2. The van der Waals surface area contributed by atoms with Crippen LogP contribution < -0.4 is 5.73 Å². The van der Waals surface area contributed by atoms with Gasteiger partial charge in [0.1, 0.15) is 4.99 Å². The summed E-state index contributed by atoms with van der Waals surface area (Å²) in [5.74, 6) is 0. The van der Waals surface area contributed by atoms with Gasteiger partial charge >= 0.3 is 0 Å². The second-order valence-corrected chi connectivity index (χ2v) is 4.20. The number of halogens is 1. The first-order chi connectivity index (χ1) is 7.68. The van der Waals surface area contributed by atoms with E-state index in [1.807, 2.05) is 29.0 Å².